The van der Waals surface area contributed by atoms with Gasteiger partial charge < -0.3 is 31.2 Å². The summed E-state index contributed by atoms with van der Waals surface area (Å²) in [7, 11) is 1.70. The van der Waals surface area contributed by atoms with Gasteiger partial charge in [0.25, 0.3) is 0 Å². The number of carboxylic acids is 1. The number of nitrogens with two attached hydrogens (primary N) is 2. The van der Waals surface area contributed by atoms with Crippen LogP contribution in [0.4, 0.5) is 11.8 Å². The van der Waals surface area contributed by atoms with E-state index in [4.69, 9.17) is 21.3 Å². The molecule has 14 nitrogen and oxygen atoms in total. The summed E-state index contributed by atoms with van der Waals surface area (Å²) in [6, 6.07) is 7.28. The molecule has 0 saturated carbocycles. The van der Waals surface area contributed by atoms with Crippen molar-refractivity contribution in [3.8, 4) is 5.75 Å². The summed E-state index contributed by atoms with van der Waals surface area (Å²) >= 11 is 1.15. The van der Waals surface area contributed by atoms with Gasteiger partial charge in [-0.15, -0.1) is 11.8 Å². The summed E-state index contributed by atoms with van der Waals surface area (Å²) < 4.78 is 7.97. The number of fused-ring (bicyclic) bond motifs is 1. The van der Waals surface area contributed by atoms with E-state index in [0.29, 0.717) is 19.6 Å². The fraction of sp³-hybridized carbons (Fsp3) is 0.545. The van der Waals surface area contributed by atoms with Crippen LogP contribution in [-0.2, 0) is 27.5 Å². The number of nitrogens with one attached hydrogen (secondary N) is 1. The minimum Gasteiger partial charge on any atom is -0.496 e. The highest BCUT2D eigenvalue weighted by atomic mass is 32.2. The number of carbonyl (C=O) groups is 3. The number of aromatic nitrogens is 3. The van der Waals surface area contributed by atoms with Crippen molar-refractivity contribution in [2.45, 2.75) is 57.0 Å². The second-order valence-corrected chi connectivity index (χ2v) is 13.6. The molecule has 2 aliphatic rings. The monoisotopic (exact) mass is 681 g/mol. The number of aliphatic carboxylic acids is 1. The standard InChI is InChI=1S/C33H47N9O5S/c1-3-4-5-9-36-30-29-25(37-33(35)38-30)8-10-41(29)20-23-7-6-22(17-26(23)47-2)19-40-13-11-39(12-14-40)15-16-42-28(43)18-27(31(42)44)48-21-24(34)32(45)46/h6-8,10,17,24,27H,3-5,9,11-16,18-21,34H2,1-2H3,(H,45,46)(H3,35,36,37,38)/t24-,27?/m1/s1. The summed E-state index contributed by atoms with van der Waals surface area (Å²) in [5.74, 6) is 0.340. The highest BCUT2D eigenvalue weighted by Crippen LogP contribution is 2.28. The van der Waals surface area contributed by atoms with Gasteiger partial charge in [-0.1, -0.05) is 31.9 Å². The lowest BCUT2D eigenvalue weighted by molar-refractivity contribution is -0.139. The van der Waals surface area contributed by atoms with Gasteiger partial charge in [-0.25, -0.2) is 4.98 Å². The van der Waals surface area contributed by atoms with Crippen molar-refractivity contribution in [3.63, 3.8) is 0 Å². The summed E-state index contributed by atoms with van der Waals surface area (Å²) in [5.41, 5.74) is 15.5. The number of amides is 2. The van der Waals surface area contributed by atoms with Crippen LogP contribution >= 0.6 is 11.8 Å². The van der Waals surface area contributed by atoms with Gasteiger partial charge in [-0.3, -0.25) is 29.1 Å². The van der Waals surface area contributed by atoms with E-state index in [1.54, 1.807) is 7.11 Å². The number of benzene rings is 1. The number of methoxy groups -OCH3 is 1. The number of piperazine rings is 1. The molecule has 0 radical (unpaired) electrons. The second-order valence-electron chi connectivity index (χ2n) is 12.4. The minimum absolute atomic E-state index is 0.0921. The van der Waals surface area contributed by atoms with Crippen LogP contribution in [0.2, 0.25) is 0 Å². The zero-order valence-electron chi connectivity index (χ0n) is 27.8. The zero-order valence-corrected chi connectivity index (χ0v) is 28.6. The molecule has 0 bridgehead atoms. The largest absolute Gasteiger partial charge is 0.496 e. The Balaban J connectivity index is 1.12. The fourth-order valence-electron chi connectivity index (χ4n) is 6.14. The highest BCUT2D eigenvalue weighted by molar-refractivity contribution is 8.00. The molecule has 2 atom stereocenters. The molecule has 48 heavy (non-hydrogen) atoms. The molecular formula is C33H47N9O5S. The number of likely N-dealkylation sites (tertiary alicyclic amines) is 1. The van der Waals surface area contributed by atoms with E-state index >= 15 is 0 Å². The van der Waals surface area contributed by atoms with Crippen LogP contribution < -0.4 is 21.5 Å². The third-order valence-electron chi connectivity index (χ3n) is 8.90. The number of thioether (sulfide) groups is 1. The molecule has 1 unspecified atom stereocenters. The van der Waals surface area contributed by atoms with E-state index in [2.05, 4.69) is 54.8 Å². The number of imide groups is 1. The smallest absolute Gasteiger partial charge is 0.321 e. The van der Waals surface area contributed by atoms with E-state index in [1.807, 2.05) is 12.3 Å². The number of nitrogen functional groups attached to an aromatic ring is 1. The van der Waals surface area contributed by atoms with Crippen molar-refractivity contribution in [2.75, 3.05) is 69.7 Å². The Morgan fingerprint density at radius 1 is 1.10 bits per heavy atom. The maximum absolute atomic E-state index is 12.8. The third kappa shape index (κ3) is 8.75. The van der Waals surface area contributed by atoms with Crippen LogP contribution in [-0.4, -0.2) is 122 Å². The van der Waals surface area contributed by atoms with Gasteiger partial charge in [-0.05, 0) is 24.1 Å². The molecule has 260 valence electrons. The number of nitrogens with zero attached hydrogens (tertiary/aromatic N) is 6. The molecule has 15 heteroatoms. The van der Waals surface area contributed by atoms with E-state index in [9.17, 15) is 14.4 Å². The number of ether oxygens (including phenoxy) is 1. The number of rotatable bonds is 17. The molecule has 6 N–H and O–H groups in total. The Morgan fingerprint density at radius 2 is 1.88 bits per heavy atom. The lowest BCUT2D eigenvalue weighted by Gasteiger charge is -2.35. The van der Waals surface area contributed by atoms with Crippen molar-refractivity contribution in [2.24, 2.45) is 5.73 Å². The Labute approximate surface area is 285 Å². The van der Waals surface area contributed by atoms with E-state index < -0.39 is 17.3 Å². The average molecular weight is 682 g/mol. The van der Waals surface area contributed by atoms with Crippen LogP contribution in [0.1, 0.15) is 43.7 Å². The van der Waals surface area contributed by atoms with Crippen molar-refractivity contribution in [1.29, 1.82) is 0 Å². The van der Waals surface area contributed by atoms with E-state index in [0.717, 1.165) is 104 Å². The van der Waals surface area contributed by atoms with Gasteiger partial charge >= 0.3 is 5.97 Å². The summed E-state index contributed by atoms with van der Waals surface area (Å²) in [4.78, 5) is 51.2. The Bertz CT molecular complexity index is 1590. The number of hydrogen-bond donors (Lipinski definition) is 4. The number of anilines is 2. The van der Waals surface area contributed by atoms with E-state index in [-0.39, 0.29) is 29.9 Å². The maximum Gasteiger partial charge on any atom is 0.321 e. The molecule has 1 aromatic carbocycles. The summed E-state index contributed by atoms with van der Waals surface area (Å²) in [5, 5.41) is 11.9. The molecule has 0 spiro atoms. The SMILES string of the molecule is CCCCCNc1nc(N)nc2ccn(Cc3ccc(CN4CCN(CCN5C(=O)CC(SC[C@@H](N)C(=O)O)C5=O)CC4)cc3OC)c12. The van der Waals surface area contributed by atoms with Gasteiger partial charge in [0, 0.05) is 76.3 Å². The van der Waals surface area contributed by atoms with Crippen LogP contribution in [0, 0.1) is 0 Å². The first kappa shape index (κ1) is 35.4. The summed E-state index contributed by atoms with van der Waals surface area (Å²) in [6.07, 6.45) is 5.45. The molecule has 0 aliphatic carbocycles. The molecule has 3 aromatic rings. The van der Waals surface area contributed by atoms with E-state index in [1.165, 1.54) is 4.90 Å². The first-order chi connectivity index (χ1) is 23.2. The third-order valence-corrected chi connectivity index (χ3v) is 10.2. The normalized spacial score (nSPS) is 18.1. The first-order valence-corrected chi connectivity index (χ1v) is 17.6. The van der Waals surface area contributed by atoms with Crippen molar-refractivity contribution >= 4 is 52.3 Å². The van der Waals surface area contributed by atoms with Crippen LogP contribution in [0.5, 0.6) is 5.75 Å². The van der Waals surface area contributed by atoms with Crippen molar-refractivity contribution in [1.82, 2.24) is 29.2 Å². The van der Waals surface area contributed by atoms with Crippen LogP contribution in [0.15, 0.2) is 30.5 Å². The average Bonchev–Trinajstić information content (AvgIpc) is 3.60. The maximum atomic E-state index is 12.8. The van der Waals surface area contributed by atoms with Crippen LogP contribution in [0.3, 0.4) is 0 Å². The first-order valence-electron chi connectivity index (χ1n) is 16.6. The van der Waals surface area contributed by atoms with Gasteiger partial charge in [0.15, 0.2) is 5.82 Å². The Morgan fingerprint density at radius 3 is 2.60 bits per heavy atom. The molecular weight excluding hydrogens is 634 g/mol. The van der Waals surface area contributed by atoms with Gasteiger partial charge in [-0.2, -0.15) is 4.98 Å². The number of carboxylic acid groups (broad SMARTS) is 1. The van der Waals surface area contributed by atoms with Crippen LogP contribution in [0.25, 0.3) is 11.0 Å². The Hall–Kier alpha value is -3.92. The molecule has 2 saturated heterocycles. The van der Waals surface area contributed by atoms with Crippen molar-refractivity contribution in [3.05, 3.63) is 41.6 Å². The Kier molecular flexibility index (Phi) is 12.1. The van der Waals surface area contributed by atoms with Gasteiger partial charge in [0.1, 0.15) is 17.3 Å². The molecule has 5 rings (SSSR count). The summed E-state index contributed by atoms with van der Waals surface area (Å²) in [6.45, 7) is 8.73. The quantitative estimate of drug-likeness (QED) is 0.120. The predicted octanol–water partition coefficient (Wildman–Crippen LogP) is 2.06. The van der Waals surface area contributed by atoms with Crippen molar-refractivity contribution < 1.29 is 24.2 Å². The fourth-order valence-corrected chi connectivity index (χ4v) is 7.26. The number of unbranched alkanes of at least 4 members (excludes halogenated alkanes) is 2. The number of carbonyl (C=O) groups excluding carboxylic acids is 2. The van der Waals surface area contributed by atoms with Gasteiger partial charge in [0.05, 0.1) is 24.4 Å². The lowest BCUT2D eigenvalue weighted by atomic mass is 10.1. The van der Waals surface area contributed by atoms with Gasteiger partial charge in [0.2, 0.25) is 17.8 Å². The molecule has 2 aliphatic heterocycles. The highest BCUT2D eigenvalue weighted by Gasteiger charge is 2.39. The zero-order chi connectivity index (χ0) is 34.2. The molecule has 2 amide bonds. The lowest BCUT2D eigenvalue weighted by Crippen LogP contribution is -2.48. The molecule has 2 aromatic heterocycles. The molecule has 2 fully saturated rings. The topological polar surface area (TPSA) is 185 Å². The second kappa shape index (κ2) is 16.5. The minimum atomic E-state index is -1.12. The number of hydrogen-bond acceptors (Lipinski definition) is 12. The molecule has 4 heterocycles. The predicted molar refractivity (Wildman–Crippen MR) is 187 cm³/mol.